The third-order valence-corrected chi connectivity index (χ3v) is 3.81. The van der Waals surface area contributed by atoms with Crippen LogP contribution in [0.1, 0.15) is 38.8 Å². The summed E-state index contributed by atoms with van der Waals surface area (Å²) in [7, 11) is 0. The molecule has 0 heterocycles. The second-order valence-electron chi connectivity index (χ2n) is 7.00. The van der Waals surface area contributed by atoms with Gasteiger partial charge in [0.2, 0.25) is 0 Å². The molecule has 0 radical (unpaired) electrons. The van der Waals surface area contributed by atoms with Gasteiger partial charge in [-0.25, -0.2) is 5.43 Å². The summed E-state index contributed by atoms with van der Waals surface area (Å²) in [5.41, 5.74) is 4.45. The van der Waals surface area contributed by atoms with Gasteiger partial charge in [-0.2, -0.15) is 5.10 Å². The molecule has 6 nitrogen and oxygen atoms in total. The van der Waals surface area contributed by atoms with Crippen molar-refractivity contribution in [2.24, 2.45) is 5.10 Å². The van der Waals surface area contributed by atoms with E-state index in [9.17, 15) is 15.0 Å². The number of nitrogens with one attached hydrogen (secondary N) is 1. The van der Waals surface area contributed by atoms with Crippen molar-refractivity contribution < 1.29 is 19.7 Å². The summed E-state index contributed by atoms with van der Waals surface area (Å²) in [6.45, 7) is 7.85. The quantitative estimate of drug-likeness (QED) is 0.566. The molecular formula is C20H24N2O4. The molecule has 0 fully saturated rings. The first-order valence-electron chi connectivity index (χ1n) is 8.25. The van der Waals surface area contributed by atoms with Gasteiger partial charge in [0, 0.05) is 11.6 Å². The predicted molar refractivity (Wildman–Crippen MR) is 101 cm³/mol. The zero-order valence-corrected chi connectivity index (χ0v) is 15.4. The number of hydrogen-bond donors (Lipinski definition) is 3. The smallest absolute Gasteiger partial charge is 0.277 e. The predicted octanol–water partition coefficient (Wildman–Crippen LogP) is 3.31. The average molecular weight is 356 g/mol. The van der Waals surface area contributed by atoms with E-state index < -0.39 is 5.91 Å². The molecule has 26 heavy (non-hydrogen) atoms. The Kier molecular flexibility index (Phi) is 5.87. The average Bonchev–Trinajstić information content (AvgIpc) is 2.57. The van der Waals surface area contributed by atoms with E-state index in [0.717, 1.165) is 0 Å². The summed E-state index contributed by atoms with van der Waals surface area (Å²) >= 11 is 0. The van der Waals surface area contributed by atoms with Crippen molar-refractivity contribution in [3.8, 4) is 17.2 Å². The van der Waals surface area contributed by atoms with Gasteiger partial charge in [-0.15, -0.1) is 0 Å². The minimum Gasteiger partial charge on any atom is -0.508 e. The maximum absolute atomic E-state index is 11.9. The lowest BCUT2D eigenvalue weighted by atomic mass is 9.87. The molecule has 0 aromatic heterocycles. The Balaban J connectivity index is 1.90. The van der Waals surface area contributed by atoms with E-state index in [1.165, 1.54) is 23.8 Å². The number of aromatic hydroxyl groups is 2. The highest BCUT2D eigenvalue weighted by Gasteiger charge is 2.13. The van der Waals surface area contributed by atoms with Crippen LogP contribution in [-0.2, 0) is 10.2 Å². The van der Waals surface area contributed by atoms with Crippen molar-refractivity contribution in [1.29, 1.82) is 0 Å². The number of hydrazone groups is 1. The van der Waals surface area contributed by atoms with Crippen LogP contribution in [0.3, 0.4) is 0 Å². The maximum atomic E-state index is 11.9. The van der Waals surface area contributed by atoms with E-state index in [1.54, 1.807) is 6.92 Å². The Labute approximate surface area is 153 Å². The van der Waals surface area contributed by atoms with Gasteiger partial charge in [0.25, 0.3) is 5.91 Å². The van der Waals surface area contributed by atoms with Gasteiger partial charge >= 0.3 is 0 Å². The fourth-order valence-corrected chi connectivity index (χ4v) is 2.26. The first-order valence-corrected chi connectivity index (χ1v) is 8.25. The molecule has 3 N–H and O–H groups in total. The lowest BCUT2D eigenvalue weighted by Gasteiger charge is -2.19. The third kappa shape index (κ3) is 5.24. The van der Waals surface area contributed by atoms with Crippen molar-refractivity contribution >= 4 is 11.6 Å². The van der Waals surface area contributed by atoms with Crippen molar-refractivity contribution in [3.63, 3.8) is 0 Å². The standard InChI is InChI=1S/C20H24N2O4/c1-13(17-10-7-15(23)11-18(17)24)21-22-19(25)12-26-16-8-5-14(6-9-16)20(2,3)4/h5-11,23-24H,12H2,1-4H3,(H,22,25)/b21-13-. The second kappa shape index (κ2) is 7.91. The Hall–Kier alpha value is -3.02. The molecule has 0 spiro atoms. The first-order chi connectivity index (χ1) is 12.2. The van der Waals surface area contributed by atoms with Crippen LogP contribution in [0.15, 0.2) is 47.6 Å². The third-order valence-electron chi connectivity index (χ3n) is 3.81. The Bertz CT molecular complexity index is 806. The SMILES string of the molecule is C/C(=N/NC(=O)COc1ccc(C(C)(C)C)cc1)c1ccc(O)cc1O. The molecule has 1 amide bonds. The molecular weight excluding hydrogens is 332 g/mol. The van der Waals surface area contributed by atoms with Crippen LogP contribution >= 0.6 is 0 Å². The van der Waals surface area contributed by atoms with Gasteiger partial charge in [-0.1, -0.05) is 32.9 Å². The largest absolute Gasteiger partial charge is 0.508 e. The number of benzene rings is 2. The number of phenolic OH excluding ortho intramolecular Hbond substituents is 2. The first kappa shape index (κ1) is 19.3. The number of nitrogens with zero attached hydrogens (tertiary/aromatic N) is 1. The van der Waals surface area contributed by atoms with E-state index in [2.05, 4.69) is 31.3 Å². The highest BCUT2D eigenvalue weighted by Crippen LogP contribution is 2.24. The van der Waals surface area contributed by atoms with E-state index in [0.29, 0.717) is 17.0 Å². The lowest BCUT2D eigenvalue weighted by molar-refractivity contribution is -0.123. The number of phenols is 2. The molecule has 6 heteroatoms. The number of hydrogen-bond acceptors (Lipinski definition) is 5. The molecule has 138 valence electrons. The highest BCUT2D eigenvalue weighted by atomic mass is 16.5. The van der Waals surface area contributed by atoms with Crippen molar-refractivity contribution in [3.05, 3.63) is 53.6 Å². The maximum Gasteiger partial charge on any atom is 0.277 e. The molecule has 2 aromatic carbocycles. The number of ether oxygens (including phenoxy) is 1. The van der Waals surface area contributed by atoms with Crippen LogP contribution in [0.5, 0.6) is 17.2 Å². The minimum absolute atomic E-state index is 0.0473. The molecule has 0 aliphatic heterocycles. The van der Waals surface area contributed by atoms with Crippen LogP contribution in [0, 0.1) is 0 Å². The fraction of sp³-hybridized carbons (Fsp3) is 0.300. The van der Waals surface area contributed by atoms with Crippen LogP contribution in [-0.4, -0.2) is 28.4 Å². The monoisotopic (exact) mass is 356 g/mol. The van der Waals surface area contributed by atoms with Crippen LogP contribution in [0.4, 0.5) is 0 Å². The molecule has 0 aliphatic carbocycles. The highest BCUT2D eigenvalue weighted by molar-refractivity contribution is 6.01. The molecule has 0 bridgehead atoms. The zero-order chi connectivity index (χ0) is 19.3. The minimum atomic E-state index is -0.414. The molecule has 0 atom stereocenters. The Morgan fingerprint density at radius 2 is 1.77 bits per heavy atom. The topological polar surface area (TPSA) is 91.2 Å². The lowest BCUT2D eigenvalue weighted by Crippen LogP contribution is -2.25. The van der Waals surface area contributed by atoms with Gasteiger partial charge in [0.15, 0.2) is 6.61 Å². The van der Waals surface area contributed by atoms with Crippen LogP contribution in [0.25, 0.3) is 0 Å². The number of amides is 1. The summed E-state index contributed by atoms with van der Waals surface area (Å²) in [4.78, 5) is 11.9. The summed E-state index contributed by atoms with van der Waals surface area (Å²) < 4.78 is 5.45. The van der Waals surface area contributed by atoms with Gasteiger partial charge in [-0.3, -0.25) is 4.79 Å². The summed E-state index contributed by atoms with van der Waals surface area (Å²) in [6.07, 6.45) is 0. The van der Waals surface area contributed by atoms with E-state index >= 15 is 0 Å². The van der Waals surface area contributed by atoms with Crippen LogP contribution in [0.2, 0.25) is 0 Å². The Morgan fingerprint density at radius 3 is 2.35 bits per heavy atom. The Morgan fingerprint density at radius 1 is 1.12 bits per heavy atom. The van der Waals surface area contributed by atoms with E-state index in [4.69, 9.17) is 4.74 Å². The summed E-state index contributed by atoms with van der Waals surface area (Å²) in [6, 6.07) is 11.8. The second-order valence-corrected chi connectivity index (χ2v) is 7.00. The van der Waals surface area contributed by atoms with Crippen molar-refractivity contribution in [2.45, 2.75) is 33.1 Å². The summed E-state index contributed by atoms with van der Waals surface area (Å²) in [5.74, 6) is 0.0252. The normalized spacial score (nSPS) is 11.9. The van der Waals surface area contributed by atoms with Crippen LogP contribution < -0.4 is 10.2 Å². The van der Waals surface area contributed by atoms with Crippen molar-refractivity contribution in [1.82, 2.24) is 5.43 Å². The molecule has 0 aliphatic rings. The fourth-order valence-electron chi connectivity index (χ4n) is 2.26. The van der Waals surface area contributed by atoms with Gasteiger partial charge in [-0.05, 0) is 42.2 Å². The van der Waals surface area contributed by atoms with Crippen molar-refractivity contribution in [2.75, 3.05) is 6.61 Å². The molecule has 2 aromatic rings. The van der Waals surface area contributed by atoms with Gasteiger partial charge in [0.05, 0.1) is 5.71 Å². The zero-order valence-electron chi connectivity index (χ0n) is 15.4. The molecule has 0 unspecified atom stereocenters. The number of carbonyl (C=O) groups excluding carboxylic acids is 1. The molecule has 0 saturated carbocycles. The number of carbonyl (C=O) groups is 1. The van der Waals surface area contributed by atoms with E-state index in [-0.39, 0.29) is 23.5 Å². The van der Waals surface area contributed by atoms with Gasteiger partial charge < -0.3 is 14.9 Å². The number of rotatable bonds is 5. The summed E-state index contributed by atoms with van der Waals surface area (Å²) in [5, 5.41) is 23.0. The molecule has 2 rings (SSSR count). The molecule has 0 saturated heterocycles. The van der Waals surface area contributed by atoms with E-state index in [1.807, 2.05) is 24.3 Å². The van der Waals surface area contributed by atoms with Gasteiger partial charge in [0.1, 0.15) is 17.2 Å².